The van der Waals surface area contributed by atoms with Crippen LogP contribution in [-0.4, -0.2) is 64.9 Å². The first-order chi connectivity index (χ1) is 19.7. The average molecular weight is 571 g/mol. The molecule has 12 heteroatoms. The van der Waals surface area contributed by atoms with Gasteiger partial charge in [0.1, 0.15) is 12.1 Å². The number of hydrogen-bond donors (Lipinski definition) is 2. The highest BCUT2D eigenvalue weighted by atomic mass is 19.4. The molecule has 5 rings (SSSR count). The molecule has 2 N–H and O–H groups in total. The standard InChI is InChI=1S/C29H33F3N6O3/c1-33-26-25-27(35-24(34-26)18-41-12-11-40-2)38(28(39)36-25)17-19-5-7-21(8-6-19)22-13-20(16-37-9-3-4-10-37)14-23(15-22)29(30,31)32/h5-8,13-15H,3-4,9-12,16-18H2,1-2H3,(H,36,39)(H,33,34,35). The van der Waals surface area contributed by atoms with Crippen molar-refractivity contribution in [3.05, 3.63) is 75.5 Å². The number of imidazole rings is 1. The number of methoxy groups -OCH3 is 1. The van der Waals surface area contributed by atoms with Crippen molar-refractivity contribution in [3.8, 4) is 11.1 Å². The molecule has 0 bridgehead atoms. The van der Waals surface area contributed by atoms with E-state index in [2.05, 4.69) is 25.2 Å². The molecule has 1 saturated heterocycles. The first-order valence-corrected chi connectivity index (χ1v) is 13.5. The lowest BCUT2D eigenvalue weighted by Gasteiger charge is -2.18. The molecule has 0 spiro atoms. The number of rotatable bonds is 11. The van der Waals surface area contributed by atoms with E-state index in [-0.39, 0.29) is 18.8 Å². The minimum atomic E-state index is -4.44. The number of likely N-dealkylation sites (tertiary alicyclic amines) is 1. The van der Waals surface area contributed by atoms with Crippen molar-refractivity contribution in [2.24, 2.45) is 0 Å². The molecular formula is C29H33F3N6O3. The summed E-state index contributed by atoms with van der Waals surface area (Å²) in [6, 6.07) is 11.5. The fourth-order valence-corrected chi connectivity index (χ4v) is 5.07. The van der Waals surface area contributed by atoms with Crippen LogP contribution in [0.1, 0.15) is 35.4 Å². The van der Waals surface area contributed by atoms with Gasteiger partial charge < -0.3 is 19.8 Å². The number of nitrogens with one attached hydrogen (secondary N) is 2. The predicted octanol–water partition coefficient (Wildman–Crippen LogP) is 4.65. The van der Waals surface area contributed by atoms with E-state index in [0.29, 0.717) is 59.3 Å². The van der Waals surface area contributed by atoms with Crippen molar-refractivity contribution >= 4 is 17.0 Å². The number of halogens is 3. The fraction of sp³-hybridized carbons (Fsp3) is 0.414. The summed E-state index contributed by atoms with van der Waals surface area (Å²) in [6.07, 6.45) is -2.30. The zero-order valence-corrected chi connectivity index (χ0v) is 23.1. The maximum absolute atomic E-state index is 13.7. The molecule has 0 unspecified atom stereocenters. The zero-order chi connectivity index (χ0) is 29.0. The summed E-state index contributed by atoms with van der Waals surface area (Å²) >= 11 is 0. The van der Waals surface area contributed by atoms with Crippen LogP contribution in [0.15, 0.2) is 47.3 Å². The van der Waals surface area contributed by atoms with Crippen LogP contribution < -0.4 is 11.0 Å². The molecule has 3 heterocycles. The first-order valence-electron chi connectivity index (χ1n) is 13.5. The maximum atomic E-state index is 13.7. The lowest BCUT2D eigenvalue weighted by molar-refractivity contribution is -0.137. The van der Waals surface area contributed by atoms with Gasteiger partial charge in [-0.25, -0.2) is 14.8 Å². The highest BCUT2D eigenvalue weighted by Gasteiger charge is 2.31. The number of nitrogens with zero attached hydrogens (tertiary/aromatic N) is 4. The van der Waals surface area contributed by atoms with Crippen LogP contribution in [-0.2, 0) is 35.3 Å². The van der Waals surface area contributed by atoms with Gasteiger partial charge in [0.25, 0.3) is 0 Å². The van der Waals surface area contributed by atoms with E-state index in [1.165, 1.54) is 16.7 Å². The smallest absolute Gasteiger partial charge is 0.382 e. The highest BCUT2D eigenvalue weighted by molar-refractivity contribution is 5.83. The number of fused-ring (bicyclic) bond motifs is 1. The van der Waals surface area contributed by atoms with Crippen molar-refractivity contribution in [2.45, 2.75) is 38.7 Å². The van der Waals surface area contributed by atoms with Crippen molar-refractivity contribution in [1.29, 1.82) is 0 Å². The van der Waals surface area contributed by atoms with Crippen LogP contribution in [0.5, 0.6) is 0 Å². The van der Waals surface area contributed by atoms with Crippen molar-refractivity contribution in [2.75, 3.05) is 45.8 Å². The number of hydrogen-bond acceptors (Lipinski definition) is 7. The highest BCUT2D eigenvalue weighted by Crippen LogP contribution is 2.34. The third-order valence-electron chi connectivity index (χ3n) is 7.12. The molecule has 2 aromatic heterocycles. The largest absolute Gasteiger partial charge is 0.416 e. The van der Waals surface area contributed by atoms with Gasteiger partial charge in [0.2, 0.25) is 0 Å². The Balaban J connectivity index is 1.41. The molecule has 1 aliphatic heterocycles. The molecule has 1 aliphatic rings. The van der Waals surface area contributed by atoms with Gasteiger partial charge >= 0.3 is 11.9 Å². The monoisotopic (exact) mass is 570 g/mol. The summed E-state index contributed by atoms with van der Waals surface area (Å²) in [5.41, 5.74) is 2.52. The molecule has 2 aromatic carbocycles. The Morgan fingerprint density at radius 3 is 2.41 bits per heavy atom. The van der Waals surface area contributed by atoms with E-state index in [1.807, 2.05) is 18.2 Å². The Kier molecular flexibility index (Phi) is 8.71. The van der Waals surface area contributed by atoms with Crippen LogP contribution >= 0.6 is 0 Å². The summed E-state index contributed by atoms with van der Waals surface area (Å²) in [4.78, 5) is 26.9. The third-order valence-corrected chi connectivity index (χ3v) is 7.12. The molecule has 4 aromatic rings. The second kappa shape index (κ2) is 12.4. The molecule has 0 saturated carbocycles. The van der Waals surface area contributed by atoms with E-state index < -0.39 is 11.7 Å². The number of H-pyrrole nitrogens is 1. The van der Waals surface area contributed by atoms with Gasteiger partial charge in [-0.1, -0.05) is 24.3 Å². The Morgan fingerprint density at radius 2 is 1.73 bits per heavy atom. The molecule has 41 heavy (non-hydrogen) atoms. The number of aromatic amines is 1. The van der Waals surface area contributed by atoms with Crippen LogP contribution in [0.3, 0.4) is 0 Å². The topological polar surface area (TPSA) is 97.3 Å². The van der Waals surface area contributed by atoms with Crippen molar-refractivity contribution < 1.29 is 22.6 Å². The molecule has 0 amide bonds. The van der Waals surface area contributed by atoms with Gasteiger partial charge in [0, 0.05) is 20.7 Å². The van der Waals surface area contributed by atoms with Crippen molar-refractivity contribution in [3.63, 3.8) is 0 Å². The summed E-state index contributed by atoms with van der Waals surface area (Å²) < 4.78 is 53.2. The molecule has 9 nitrogen and oxygen atoms in total. The zero-order valence-electron chi connectivity index (χ0n) is 23.1. The minimum absolute atomic E-state index is 0.152. The molecule has 0 atom stereocenters. The Morgan fingerprint density at radius 1 is 0.976 bits per heavy atom. The predicted molar refractivity (Wildman–Crippen MR) is 150 cm³/mol. The number of ether oxygens (including phenoxy) is 2. The van der Waals surface area contributed by atoms with Gasteiger partial charge in [-0.2, -0.15) is 13.2 Å². The van der Waals surface area contributed by atoms with E-state index in [4.69, 9.17) is 9.47 Å². The molecule has 0 aliphatic carbocycles. The second-order valence-electron chi connectivity index (χ2n) is 10.1. The number of aromatic nitrogens is 4. The van der Waals surface area contributed by atoms with Gasteiger partial charge in [0.05, 0.1) is 25.3 Å². The lowest BCUT2D eigenvalue weighted by atomic mass is 9.98. The summed E-state index contributed by atoms with van der Waals surface area (Å²) in [6.45, 7) is 3.48. The summed E-state index contributed by atoms with van der Waals surface area (Å²) in [7, 11) is 3.29. The second-order valence-corrected chi connectivity index (χ2v) is 10.1. The van der Waals surface area contributed by atoms with Crippen LogP contribution in [0.2, 0.25) is 0 Å². The van der Waals surface area contributed by atoms with Crippen LogP contribution in [0.4, 0.5) is 19.0 Å². The summed E-state index contributed by atoms with van der Waals surface area (Å²) in [5, 5.41) is 2.99. The number of alkyl halides is 3. The minimum Gasteiger partial charge on any atom is -0.382 e. The van der Waals surface area contributed by atoms with Gasteiger partial charge in [0.15, 0.2) is 17.3 Å². The molecular weight excluding hydrogens is 537 g/mol. The van der Waals surface area contributed by atoms with Crippen LogP contribution in [0.25, 0.3) is 22.3 Å². The Bertz CT molecular complexity index is 1540. The van der Waals surface area contributed by atoms with E-state index in [1.54, 1.807) is 26.3 Å². The summed E-state index contributed by atoms with van der Waals surface area (Å²) in [5.74, 6) is 0.885. The van der Waals surface area contributed by atoms with Crippen LogP contribution in [0, 0.1) is 0 Å². The maximum Gasteiger partial charge on any atom is 0.416 e. The Hall–Kier alpha value is -3.74. The van der Waals surface area contributed by atoms with E-state index >= 15 is 0 Å². The van der Waals surface area contributed by atoms with Gasteiger partial charge in [-0.3, -0.25) is 9.47 Å². The van der Waals surface area contributed by atoms with Crippen molar-refractivity contribution in [1.82, 2.24) is 24.4 Å². The lowest BCUT2D eigenvalue weighted by Crippen LogP contribution is -2.19. The van der Waals surface area contributed by atoms with E-state index in [0.717, 1.165) is 31.5 Å². The fourth-order valence-electron chi connectivity index (χ4n) is 5.07. The van der Waals surface area contributed by atoms with E-state index in [9.17, 15) is 18.0 Å². The molecule has 0 radical (unpaired) electrons. The van der Waals surface area contributed by atoms with Gasteiger partial charge in [-0.05, 0) is 66.4 Å². The normalized spacial score (nSPS) is 14.3. The SMILES string of the molecule is CNc1nc(COCCOC)nc2c1[nH]c(=O)n2Cc1ccc(-c2cc(CN3CCCC3)cc(C(F)(F)F)c2)cc1. The quantitative estimate of drug-likeness (QED) is 0.253. The Labute approximate surface area is 235 Å². The number of anilines is 1. The third kappa shape index (κ3) is 6.77. The number of benzene rings is 2. The average Bonchev–Trinajstić information content (AvgIpc) is 3.58. The molecule has 1 fully saturated rings. The van der Waals surface area contributed by atoms with Gasteiger partial charge in [-0.15, -0.1) is 0 Å². The molecule has 218 valence electrons. The first kappa shape index (κ1) is 28.8.